The molecule has 2 aromatic heterocycles. The van der Waals surface area contributed by atoms with E-state index in [1.165, 1.54) is 15.8 Å². The van der Waals surface area contributed by atoms with E-state index < -0.39 is 0 Å². The summed E-state index contributed by atoms with van der Waals surface area (Å²) in [5.74, 6) is 5.78. The molecule has 1 unspecified atom stereocenters. The second-order valence-corrected chi connectivity index (χ2v) is 6.04. The second kappa shape index (κ2) is 6.30. The Kier molecular flexibility index (Phi) is 4.24. The number of thiazole rings is 1. The van der Waals surface area contributed by atoms with Crippen LogP contribution in [0.25, 0.3) is 10.2 Å². The molecule has 0 aliphatic rings. The molecule has 1 aromatic carbocycles. The van der Waals surface area contributed by atoms with Gasteiger partial charge in [0.1, 0.15) is 0 Å². The van der Waals surface area contributed by atoms with Crippen LogP contribution in [0.2, 0.25) is 0 Å². The van der Waals surface area contributed by atoms with Gasteiger partial charge in [0.05, 0.1) is 21.3 Å². The Morgan fingerprint density at radius 3 is 2.90 bits per heavy atom. The van der Waals surface area contributed by atoms with Crippen LogP contribution in [0.5, 0.6) is 0 Å². The van der Waals surface area contributed by atoms with Crippen LogP contribution in [0, 0.1) is 0 Å². The van der Waals surface area contributed by atoms with E-state index in [2.05, 4.69) is 28.4 Å². The first-order valence-corrected chi connectivity index (χ1v) is 7.86. The lowest BCUT2D eigenvalue weighted by molar-refractivity contribution is 0.546. The average Bonchev–Trinajstić information content (AvgIpc) is 2.95. The van der Waals surface area contributed by atoms with Gasteiger partial charge in [0.2, 0.25) is 0 Å². The number of hydrogen-bond acceptors (Lipinski definition) is 5. The summed E-state index contributed by atoms with van der Waals surface area (Å²) in [6.45, 7) is 2.13. The van der Waals surface area contributed by atoms with Crippen LogP contribution in [0.3, 0.4) is 0 Å². The minimum Gasteiger partial charge on any atom is -0.271 e. The smallest absolute Gasteiger partial charge is 0.0958 e. The van der Waals surface area contributed by atoms with Gasteiger partial charge >= 0.3 is 0 Å². The minimum atomic E-state index is 0.0588. The molecule has 3 aromatic rings. The third-order valence-corrected chi connectivity index (χ3v) is 4.67. The summed E-state index contributed by atoms with van der Waals surface area (Å²) < 4.78 is 1.22. The lowest BCUT2D eigenvalue weighted by Crippen LogP contribution is -2.30. The lowest BCUT2D eigenvalue weighted by Gasteiger charge is -2.17. The number of benzene rings is 1. The largest absolute Gasteiger partial charge is 0.271 e. The summed E-state index contributed by atoms with van der Waals surface area (Å²) in [6.07, 6.45) is 5.46. The van der Waals surface area contributed by atoms with Crippen molar-refractivity contribution in [2.24, 2.45) is 5.84 Å². The van der Waals surface area contributed by atoms with Gasteiger partial charge in [-0.1, -0.05) is 19.1 Å². The lowest BCUT2D eigenvalue weighted by atomic mass is 9.99. The van der Waals surface area contributed by atoms with Gasteiger partial charge in [-0.15, -0.1) is 11.3 Å². The summed E-state index contributed by atoms with van der Waals surface area (Å²) >= 11 is 1.73. The molecule has 0 radical (unpaired) electrons. The molecule has 0 spiro atoms. The Morgan fingerprint density at radius 1 is 1.29 bits per heavy atom. The second-order valence-electron chi connectivity index (χ2n) is 4.93. The molecule has 21 heavy (non-hydrogen) atoms. The first-order valence-electron chi connectivity index (χ1n) is 7.05. The molecular weight excluding hydrogens is 280 g/mol. The fourth-order valence-electron chi connectivity index (χ4n) is 2.51. The molecule has 3 N–H and O–H groups in total. The highest BCUT2D eigenvalue weighted by molar-refractivity contribution is 7.18. The normalized spacial score (nSPS) is 12.7. The quantitative estimate of drug-likeness (QED) is 0.561. The SMILES string of the molecule is CCc1cnccc1C(Cc1nc2ccccc2s1)NN. The zero-order chi connectivity index (χ0) is 14.7. The molecule has 0 amide bonds. The molecule has 5 heteroatoms. The Morgan fingerprint density at radius 2 is 2.14 bits per heavy atom. The van der Waals surface area contributed by atoms with Crippen molar-refractivity contribution in [2.45, 2.75) is 25.8 Å². The summed E-state index contributed by atoms with van der Waals surface area (Å²) in [5.41, 5.74) is 6.41. The maximum atomic E-state index is 5.78. The van der Waals surface area contributed by atoms with Crippen LogP contribution in [-0.4, -0.2) is 9.97 Å². The molecule has 0 aliphatic heterocycles. The molecule has 3 rings (SSSR count). The Bertz CT molecular complexity index is 705. The Balaban J connectivity index is 1.90. The van der Waals surface area contributed by atoms with E-state index in [0.717, 1.165) is 23.4 Å². The number of hydrogen-bond donors (Lipinski definition) is 2. The van der Waals surface area contributed by atoms with Crippen molar-refractivity contribution >= 4 is 21.6 Å². The van der Waals surface area contributed by atoms with Gasteiger partial charge in [-0.2, -0.15) is 0 Å². The topological polar surface area (TPSA) is 63.8 Å². The summed E-state index contributed by atoms with van der Waals surface area (Å²) in [4.78, 5) is 8.88. The fraction of sp³-hybridized carbons (Fsp3) is 0.250. The first kappa shape index (κ1) is 14.1. The summed E-state index contributed by atoms with van der Waals surface area (Å²) in [6, 6.07) is 10.3. The molecular formula is C16H18N4S. The van der Waals surface area contributed by atoms with E-state index in [1.54, 1.807) is 11.3 Å². The number of nitrogens with two attached hydrogens (primary N) is 1. The van der Waals surface area contributed by atoms with Crippen molar-refractivity contribution in [2.75, 3.05) is 0 Å². The third kappa shape index (κ3) is 2.95. The van der Waals surface area contributed by atoms with Crippen LogP contribution in [-0.2, 0) is 12.8 Å². The molecule has 0 aliphatic carbocycles. The molecule has 4 nitrogen and oxygen atoms in total. The van der Waals surface area contributed by atoms with Gasteiger partial charge in [0.15, 0.2) is 0 Å². The van der Waals surface area contributed by atoms with Crippen molar-refractivity contribution in [3.63, 3.8) is 0 Å². The summed E-state index contributed by atoms with van der Waals surface area (Å²) in [5, 5.41) is 1.10. The number of rotatable bonds is 5. The van der Waals surface area contributed by atoms with E-state index in [9.17, 15) is 0 Å². The van der Waals surface area contributed by atoms with E-state index in [4.69, 9.17) is 5.84 Å². The number of fused-ring (bicyclic) bond motifs is 1. The van der Waals surface area contributed by atoms with Gasteiger partial charge in [0.25, 0.3) is 0 Å². The Hall–Kier alpha value is -1.82. The van der Waals surface area contributed by atoms with Crippen LogP contribution in [0.1, 0.15) is 29.1 Å². The maximum absolute atomic E-state index is 5.78. The standard InChI is InChI=1S/C16H18N4S/c1-2-11-10-18-8-7-12(11)14(20-17)9-16-19-13-5-3-4-6-15(13)21-16/h3-8,10,14,20H,2,9,17H2,1H3. The monoisotopic (exact) mass is 298 g/mol. The van der Waals surface area contributed by atoms with Gasteiger partial charge in [-0.3, -0.25) is 16.3 Å². The number of aryl methyl sites for hydroxylation is 1. The molecule has 108 valence electrons. The molecule has 1 atom stereocenters. The number of para-hydroxylation sites is 1. The highest BCUT2D eigenvalue weighted by atomic mass is 32.1. The molecule has 2 heterocycles. The Labute approximate surface area is 128 Å². The number of aromatic nitrogens is 2. The van der Waals surface area contributed by atoms with E-state index in [1.807, 2.05) is 36.7 Å². The molecule has 0 saturated carbocycles. The van der Waals surface area contributed by atoms with Crippen LogP contribution in [0.4, 0.5) is 0 Å². The van der Waals surface area contributed by atoms with E-state index in [0.29, 0.717) is 0 Å². The van der Waals surface area contributed by atoms with Crippen molar-refractivity contribution in [3.05, 3.63) is 58.9 Å². The number of hydrazine groups is 1. The first-order chi connectivity index (χ1) is 10.3. The van der Waals surface area contributed by atoms with E-state index in [-0.39, 0.29) is 6.04 Å². The fourth-order valence-corrected chi connectivity index (χ4v) is 3.53. The zero-order valence-corrected chi connectivity index (χ0v) is 12.7. The van der Waals surface area contributed by atoms with Crippen molar-refractivity contribution < 1.29 is 0 Å². The molecule has 0 saturated heterocycles. The predicted molar refractivity (Wildman–Crippen MR) is 87.0 cm³/mol. The predicted octanol–water partition coefficient (Wildman–Crippen LogP) is 3.00. The van der Waals surface area contributed by atoms with Gasteiger partial charge < -0.3 is 0 Å². The van der Waals surface area contributed by atoms with Gasteiger partial charge in [-0.25, -0.2) is 4.98 Å². The maximum Gasteiger partial charge on any atom is 0.0958 e. The van der Waals surface area contributed by atoms with Crippen molar-refractivity contribution in [1.82, 2.24) is 15.4 Å². The van der Waals surface area contributed by atoms with Crippen LogP contribution < -0.4 is 11.3 Å². The third-order valence-electron chi connectivity index (χ3n) is 3.62. The molecule has 0 fully saturated rings. The van der Waals surface area contributed by atoms with Gasteiger partial charge in [0, 0.05) is 18.8 Å². The van der Waals surface area contributed by atoms with E-state index >= 15 is 0 Å². The highest BCUT2D eigenvalue weighted by Crippen LogP contribution is 2.27. The highest BCUT2D eigenvalue weighted by Gasteiger charge is 2.16. The summed E-state index contributed by atoms with van der Waals surface area (Å²) in [7, 11) is 0. The van der Waals surface area contributed by atoms with Crippen molar-refractivity contribution in [3.8, 4) is 0 Å². The molecule has 0 bridgehead atoms. The minimum absolute atomic E-state index is 0.0588. The zero-order valence-electron chi connectivity index (χ0n) is 11.9. The van der Waals surface area contributed by atoms with Crippen LogP contribution >= 0.6 is 11.3 Å². The average molecular weight is 298 g/mol. The number of nitrogens with zero attached hydrogens (tertiary/aromatic N) is 2. The van der Waals surface area contributed by atoms with Crippen molar-refractivity contribution in [1.29, 1.82) is 0 Å². The van der Waals surface area contributed by atoms with Gasteiger partial charge in [-0.05, 0) is 35.7 Å². The van der Waals surface area contributed by atoms with Crippen LogP contribution in [0.15, 0.2) is 42.7 Å². The number of nitrogens with one attached hydrogen (secondary N) is 1. The number of pyridine rings is 1.